The quantitative estimate of drug-likeness (QED) is 0.751. The van der Waals surface area contributed by atoms with Gasteiger partial charge in [-0.3, -0.25) is 5.32 Å². The van der Waals surface area contributed by atoms with E-state index in [2.05, 4.69) is 20.7 Å². The Morgan fingerprint density at radius 3 is 2.68 bits per heavy atom. The van der Waals surface area contributed by atoms with E-state index < -0.39 is 0 Å². The number of rotatable bonds is 5. The Morgan fingerprint density at radius 1 is 1.12 bits per heavy atom. The van der Waals surface area contributed by atoms with Crippen molar-refractivity contribution >= 4 is 17.7 Å². The van der Waals surface area contributed by atoms with Crippen molar-refractivity contribution in [2.45, 2.75) is 6.54 Å². The van der Waals surface area contributed by atoms with Crippen LogP contribution in [0.3, 0.4) is 0 Å². The van der Waals surface area contributed by atoms with Gasteiger partial charge in [0.25, 0.3) is 0 Å². The number of hydrogen-bond acceptors (Lipinski definition) is 4. The molecule has 0 aliphatic carbocycles. The minimum absolute atomic E-state index is 0.313. The van der Waals surface area contributed by atoms with Crippen LogP contribution < -0.4 is 15.5 Å². The van der Waals surface area contributed by atoms with Gasteiger partial charge in [-0.25, -0.2) is 14.5 Å². The summed E-state index contributed by atoms with van der Waals surface area (Å²) in [5.74, 6) is 1.32. The molecule has 0 spiro atoms. The number of nitrogens with one attached hydrogen (secondary N) is 2. The number of pyridine rings is 1. The summed E-state index contributed by atoms with van der Waals surface area (Å²) in [6, 6.07) is 14.9. The fourth-order valence-corrected chi connectivity index (χ4v) is 2.42. The van der Waals surface area contributed by atoms with E-state index in [4.69, 9.17) is 0 Å². The number of carbonyl (C=O) groups is 1. The molecule has 2 heterocycles. The average molecular weight is 336 g/mol. The molecule has 0 aliphatic heterocycles. The minimum Gasteiger partial charge on any atom is -0.362 e. The van der Waals surface area contributed by atoms with Gasteiger partial charge in [0.2, 0.25) is 0 Å². The Morgan fingerprint density at radius 2 is 1.92 bits per heavy atom. The molecule has 128 valence electrons. The molecule has 0 fully saturated rings. The molecule has 0 bridgehead atoms. The number of para-hydroxylation sites is 1. The molecule has 0 saturated heterocycles. The highest BCUT2D eigenvalue weighted by atomic mass is 16.2. The van der Waals surface area contributed by atoms with Gasteiger partial charge in [-0.2, -0.15) is 0 Å². The number of amides is 2. The van der Waals surface area contributed by atoms with Crippen LogP contribution in [0.1, 0.15) is 5.56 Å². The summed E-state index contributed by atoms with van der Waals surface area (Å²) < 4.78 is 1.71. The summed E-state index contributed by atoms with van der Waals surface area (Å²) in [6.45, 7) is 0.382. The van der Waals surface area contributed by atoms with E-state index in [0.29, 0.717) is 12.4 Å². The van der Waals surface area contributed by atoms with Crippen LogP contribution >= 0.6 is 0 Å². The maximum atomic E-state index is 12.1. The van der Waals surface area contributed by atoms with Gasteiger partial charge < -0.3 is 10.2 Å². The molecular weight excluding hydrogens is 316 g/mol. The van der Waals surface area contributed by atoms with Gasteiger partial charge in [0.05, 0.1) is 5.69 Å². The third-order valence-electron chi connectivity index (χ3n) is 3.58. The lowest BCUT2D eigenvalue weighted by atomic mass is 10.2. The van der Waals surface area contributed by atoms with Gasteiger partial charge in [-0.05, 0) is 18.2 Å². The molecule has 7 nitrogen and oxygen atoms in total. The van der Waals surface area contributed by atoms with Crippen molar-refractivity contribution in [3.05, 3.63) is 66.5 Å². The van der Waals surface area contributed by atoms with Crippen LogP contribution in [0.15, 0.2) is 60.9 Å². The molecule has 0 saturated carbocycles. The zero-order chi connectivity index (χ0) is 17.6. The Balaban J connectivity index is 1.60. The Hall–Kier alpha value is -3.35. The highest BCUT2D eigenvalue weighted by Crippen LogP contribution is 2.14. The molecule has 2 N–H and O–H groups in total. The fourth-order valence-electron chi connectivity index (χ4n) is 2.42. The van der Waals surface area contributed by atoms with E-state index >= 15 is 0 Å². The summed E-state index contributed by atoms with van der Waals surface area (Å²) in [7, 11) is 3.84. The molecule has 2 amide bonds. The van der Waals surface area contributed by atoms with Crippen LogP contribution in [-0.4, -0.2) is 34.9 Å². The van der Waals surface area contributed by atoms with E-state index in [1.165, 1.54) is 0 Å². The molecular formula is C18H20N6O. The number of anilines is 2. The summed E-state index contributed by atoms with van der Waals surface area (Å²) >= 11 is 0. The Bertz CT molecular complexity index is 844. The van der Waals surface area contributed by atoms with E-state index in [9.17, 15) is 4.79 Å². The second-order valence-electron chi connectivity index (χ2n) is 5.67. The van der Waals surface area contributed by atoms with E-state index in [-0.39, 0.29) is 6.03 Å². The molecule has 25 heavy (non-hydrogen) atoms. The first kappa shape index (κ1) is 16.5. The van der Waals surface area contributed by atoms with Crippen molar-refractivity contribution < 1.29 is 4.79 Å². The molecule has 0 atom stereocenters. The zero-order valence-electron chi connectivity index (χ0n) is 14.2. The first-order chi connectivity index (χ1) is 12.1. The molecule has 0 unspecified atom stereocenters. The molecule has 3 rings (SSSR count). The number of urea groups is 1. The highest BCUT2D eigenvalue weighted by molar-refractivity contribution is 5.88. The first-order valence-corrected chi connectivity index (χ1v) is 7.90. The van der Waals surface area contributed by atoms with E-state index in [1.807, 2.05) is 61.5 Å². The van der Waals surface area contributed by atoms with Crippen molar-refractivity contribution in [3.63, 3.8) is 0 Å². The van der Waals surface area contributed by atoms with Crippen molar-refractivity contribution in [2.75, 3.05) is 24.3 Å². The average Bonchev–Trinajstić information content (AvgIpc) is 3.09. The van der Waals surface area contributed by atoms with E-state index in [0.717, 1.165) is 17.1 Å². The maximum absolute atomic E-state index is 12.1. The SMILES string of the molecule is CN(C)c1ncccc1CNC(=O)Nc1ccn(-c2ccccc2)n1. The number of benzene rings is 1. The lowest BCUT2D eigenvalue weighted by Crippen LogP contribution is -2.29. The van der Waals surface area contributed by atoms with Crippen molar-refractivity contribution in [1.82, 2.24) is 20.1 Å². The molecule has 1 aromatic carbocycles. The van der Waals surface area contributed by atoms with Crippen molar-refractivity contribution in [2.24, 2.45) is 0 Å². The van der Waals surface area contributed by atoms with Crippen LogP contribution in [-0.2, 0) is 6.54 Å². The lowest BCUT2D eigenvalue weighted by Gasteiger charge is -2.16. The second kappa shape index (κ2) is 7.48. The monoisotopic (exact) mass is 336 g/mol. The molecule has 7 heteroatoms. The topological polar surface area (TPSA) is 75.1 Å². The maximum Gasteiger partial charge on any atom is 0.320 e. The van der Waals surface area contributed by atoms with Crippen LogP contribution in [0.25, 0.3) is 5.69 Å². The number of hydrogen-bond donors (Lipinski definition) is 2. The first-order valence-electron chi connectivity index (χ1n) is 7.90. The van der Waals surface area contributed by atoms with Gasteiger partial charge in [0, 0.05) is 44.7 Å². The normalized spacial score (nSPS) is 10.3. The standard InChI is InChI=1S/C18H20N6O/c1-23(2)17-14(7-6-11-19-17)13-20-18(25)21-16-10-12-24(22-16)15-8-4-3-5-9-15/h3-12H,13H2,1-2H3,(H2,20,21,22,25). The second-order valence-corrected chi connectivity index (χ2v) is 5.67. The summed E-state index contributed by atoms with van der Waals surface area (Å²) in [4.78, 5) is 18.3. The summed E-state index contributed by atoms with van der Waals surface area (Å²) in [6.07, 6.45) is 3.53. The van der Waals surface area contributed by atoms with Gasteiger partial charge >= 0.3 is 6.03 Å². The largest absolute Gasteiger partial charge is 0.362 e. The number of nitrogens with zero attached hydrogens (tertiary/aromatic N) is 4. The third kappa shape index (κ3) is 4.14. The van der Waals surface area contributed by atoms with E-state index in [1.54, 1.807) is 23.1 Å². The van der Waals surface area contributed by atoms with Crippen LogP contribution in [0.2, 0.25) is 0 Å². The molecule has 2 aromatic heterocycles. The van der Waals surface area contributed by atoms with Gasteiger partial charge in [-0.1, -0.05) is 24.3 Å². The van der Waals surface area contributed by atoms with Crippen LogP contribution in [0, 0.1) is 0 Å². The lowest BCUT2D eigenvalue weighted by molar-refractivity contribution is 0.251. The molecule has 0 aliphatic rings. The summed E-state index contributed by atoms with van der Waals surface area (Å²) in [5, 5.41) is 9.91. The predicted octanol–water partition coefficient (Wildman–Crippen LogP) is 2.66. The smallest absolute Gasteiger partial charge is 0.320 e. The van der Waals surface area contributed by atoms with Crippen LogP contribution in [0.5, 0.6) is 0 Å². The van der Waals surface area contributed by atoms with Crippen molar-refractivity contribution in [3.8, 4) is 5.69 Å². The highest BCUT2D eigenvalue weighted by Gasteiger charge is 2.09. The fraction of sp³-hybridized carbons (Fsp3) is 0.167. The van der Waals surface area contributed by atoms with Gasteiger partial charge in [0.1, 0.15) is 5.82 Å². The Labute approximate surface area is 146 Å². The minimum atomic E-state index is -0.313. The number of aromatic nitrogens is 3. The zero-order valence-corrected chi connectivity index (χ0v) is 14.2. The molecule has 3 aromatic rings. The Kier molecular flexibility index (Phi) is 4.94. The van der Waals surface area contributed by atoms with Crippen LogP contribution in [0.4, 0.5) is 16.4 Å². The molecule has 0 radical (unpaired) electrons. The van der Waals surface area contributed by atoms with Crippen molar-refractivity contribution in [1.29, 1.82) is 0 Å². The van der Waals surface area contributed by atoms with Gasteiger partial charge in [0.15, 0.2) is 5.82 Å². The predicted molar refractivity (Wildman–Crippen MR) is 98.0 cm³/mol. The summed E-state index contributed by atoms with van der Waals surface area (Å²) in [5.41, 5.74) is 1.87. The number of carbonyl (C=O) groups excluding carboxylic acids is 1. The third-order valence-corrected chi connectivity index (χ3v) is 3.58. The van der Waals surface area contributed by atoms with Gasteiger partial charge in [-0.15, -0.1) is 5.10 Å².